The maximum atomic E-state index is 13.9. The summed E-state index contributed by atoms with van der Waals surface area (Å²) in [6, 6.07) is 13.4. The molecule has 0 bridgehead atoms. The third kappa shape index (κ3) is 3.74. The molecule has 0 aliphatic carbocycles. The third-order valence-corrected chi connectivity index (χ3v) is 7.45. The Kier molecular flexibility index (Phi) is 5.34. The highest BCUT2D eigenvalue weighted by Gasteiger charge is 2.45. The van der Waals surface area contributed by atoms with Crippen LogP contribution in [0.3, 0.4) is 0 Å². The summed E-state index contributed by atoms with van der Waals surface area (Å²) in [5.74, 6) is -0.866. The Morgan fingerprint density at radius 2 is 1.78 bits per heavy atom. The van der Waals surface area contributed by atoms with Gasteiger partial charge in [0, 0.05) is 18.1 Å². The highest BCUT2D eigenvalue weighted by Crippen LogP contribution is 2.47. The van der Waals surface area contributed by atoms with Crippen molar-refractivity contribution in [2.45, 2.75) is 31.2 Å². The number of amidine groups is 1. The molecule has 3 aliphatic rings. The van der Waals surface area contributed by atoms with Crippen LogP contribution in [0.4, 0.5) is 13.2 Å². The van der Waals surface area contributed by atoms with Crippen molar-refractivity contribution in [2.24, 2.45) is 4.99 Å². The Morgan fingerprint density at radius 3 is 2.47 bits per heavy atom. The fourth-order valence-corrected chi connectivity index (χ4v) is 5.70. The van der Waals surface area contributed by atoms with Crippen LogP contribution in [0.5, 0.6) is 0 Å². The van der Waals surface area contributed by atoms with Gasteiger partial charge in [-0.15, -0.1) is 0 Å². The van der Waals surface area contributed by atoms with Crippen molar-refractivity contribution in [3.05, 3.63) is 75.1 Å². The number of ether oxygens (including phenoxy) is 1. The normalized spacial score (nSPS) is 21.7. The molecule has 0 unspecified atom stereocenters. The summed E-state index contributed by atoms with van der Waals surface area (Å²) in [4.78, 5) is 18.0. The molecule has 3 aliphatic heterocycles. The summed E-state index contributed by atoms with van der Waals surface area (Å²) in [5, 5.41) is 0.627. The minimum absolute atomic E-state index is 0.109. The molecule has 4 nitrogen and oxygen atoms in total. The number of carbonyl (C=O) groups is 1. The molecule has 1 amide bonds. The van der Waals surface area contributed by atoms with Crippen LogP contribution in [0, 0.1) is 0 Å². The zero-order valence-corrected chi connectivity index (χ0v) is 18.4. The molecule has 0 N–H and O–H groups in total. The first-order valence-electron chi connectivity index (χ1n) is 10.1. The van der Waals surface area contributed by atoms with Gasteiger partial charge in [0.05, 0.1) is 22.7 Å². The van der Waals surface area contributed by atoms with Gasteiger partial charge in [0.15, 0.2) is 5.17 Å². The van der Waals surface area contributed by atoms with Crippen LogP contribution in [-0.4, -0.2) is 35.2 Å². The van der Waals surface area contributed by atoms with Gasteiger partial charge in [0.25, 0.3) is 5.91 Å². The average Bonchev–Trinajstić information content (AvgIpc) is 3.31. The highest BCUT2D eigenvalue weighted by molar-refractivity contribution is 8.18. The zero-order valence-electron chi connectivity index (χ0n) is 16.8. The summed E-state index contributed by atoms with van der Waals surface area (Å²) in [6.45, 7) is 1.65. The van der Waals surface area contributed by atoms with Gasteiger partial charge < -0.3 is 9.64 Å². The SMILES string of the molecule is O=C1N=C(N2CCC3(CC2)OCc2ccccc23)S/C1=C(\c1ccc(Cl)cc1)C(F)(F)F. The molecule has 2 aromatic rings. The van der Waals surface area contributed by atoms with E-state index in [9.17, 15) is 18.0 Å². The molecule has 5 rings (SSSR count). The fraction of sp³-hybridized carbons (Fsp3) is 0.304. The molecule has 0 radical (unpaired) electrons. The van der Waals surface area contributed by atoms with Crippen molar-refractivity contribution in [3.8, 4) is 0 Å². The largest absolute Gasteiger partial charge is 0.418 e. The van der Waals surface area contributed by atoms with E-state index < -0.39 is 22.6 Å². The van der Waals surface area contributed by atoms with Crippen molar-refractivity contribution in [3.63, 3.8) is 0 Å². The predicted octanol–water partition coefficient (Wildman–Crippen LogP) is 5.76. The molecule has 9 heteroatoms. The van der Waals surface area contributed by atoms with Crippen LogP contribution in [0.25, 0.3) is 5.57 Å². The number of benzene rings is 2. The lowest BCUT2D eigenvalue weighted by molar-refractivity contribution is -0.114. The number of halogens is 4. The quantitative estimate of drug-likeness (QED) is 0.488. The summed E-state index contributed by atoms with van der Waals surface area (Å²) in [6.07, 6.45) is -3.34. The summed E-state index contributed by atoms with van der Waals surface area (Å²) in [5.41, 5.74) is 0.887. The smallest absolute Gasteiger partial charge is 0.365 e. The lowest BCUT2D eigenvalue weighted by atomic mass is 9.84. The molecule has 0 atom stereocenters. The van der Waals surface area contributed by atoms with E-state index in [2.05, 4.69) is 17.1 Å². The molecule has 2 aromatic carbocycles. The van der Waals surface area contributed by atoms with E-state index in [0.717, 1.165) is 11.8 Å². The van der Waals surface area contributed by atoms with Crippen LogP contribution >= 0.6 is 23.4 Å². The number of amides is 1. The van der Waals surface area contributed by atoms with Crippen LogP contribution in [0.2, 0.25) is 5.02 Å². The number of rotatable bonds is 1. The second kappa shape index (κ2) is 7.93. The fourth-order valence-electron chi connectivity index (χ4n) is 4.49. The minimum atomic E-state index is -4.70. The van der Waals surface area contributed by atoms with E-state index in [-0.39, 0.29) is 11.2 Å². The second-order valence-electron chi connectivity index (χ2n) is 7.94. The van der Waals surface area contributed by atoms with E-state index in [1.54, 1.807) is 0 Å². The second-order valence-corrected chi connectivity index (χ2v) is 9.35. The van der Waals surface area contributed by atoms with Crippen molar-refractivity contribution >= 4 is 40.0 Å². The summed E-state index contributed by atoms with van der Waals surface area (Å²) in [7, 11) is 0. The van der Waals surface area contributed by atoms with Crippen molar-refractivity contribution in [1.82, 2.24) is 4.90 Å². The standard InChI is InChI=1S/C23H18ClF3N2O2S/c24-16-7-5-14(6-8-16)18(23(25,26)27)19-20(30)28-21(32-19)29-11-9-22(10-12-29)17-4-2-1-3-15(17)13-31-22/h1-8H,9-13H2/b19-18+. The van der Waals surface area contributed by atoms with Crippen molar-refractivity contribution in [1.29, 1.82) is 0 Å². The van der Waals surface area contributed by atoms with Gasteiger partial charge in [0.1, 0.15) is 0 Å². The van der Waals surface area contributed by atoms with Gasteiger partial charge in [-0.05, 0) is 53.4 Å². The van der Waals surface area contributed by atoms with E-state index >= 15 is 0 Å². The van der Waals surface area contributed by atoms with Gasteiger partial charge in [-0.3, -0.25) is 4.79 Å². The average molecular weight is 479 g/mol. The van der Waals surface area contributed by atoms with Gasteiger partial charge in [0.2, 0.25) is 0 Å². The number of nitrogens with zero attached hydrogens (tertiary/aromatic N) is 2. The number of thioether (sulfide) groups is 1. The molecule has 3 heterocycles. The number of piperidine rings is 1. The van der Waals surface area contributed by atoms with Crippen molar-refractivity contribution < 1.29 is 22.7 Å². The van der Waals surface area contributed by atoms with Crippen LogP contribution in [0.1, 0.15) is 29.5 Å². The molecule has 1 spiro atoms. The molecule has 166 valence electrons. The van der Waals surface area contributed by atoms with Gasteiger partial charge in [-0.25, -0.2) is 0 Å². The maximum absolute atomic E-state index is 13.9. The van der Waals surface area contributed by atoms with E-state index in [4.69, 9.17) is 16.3 Å². The number of allylic oxidation sites excluding steroid dienone is 1. The van der Waals surface area contributed by atoms with Gasteiger partial charge in [-0.2, -0.15) is 18.2 Å². The summed E-state index contributed by atoms with van der Waals surface area (Å²) < 4.78 is 47.9. The molecule has 1 saturated heterocycles. The Balaban J connectivity index is 1.38. The Labute approximate surface area is 192 Å². The first-order valence-corrected chi connectivity index (χ1v) is 11.3. The van der Waals surface area contributed by atoms with Crippen LogP contribution in [-0.2, 0) is 21.7 Å². The summed E-state index contributed by atoms with van der Waals surface area (Å²) >= 11 is 6.61. The first kappa shape index (κ1) is 21.6. The number of likely N-dealkylation sites (tertiary alicyclic amines) is 1. The topological polar surface area (TPSA) is 41.9 Å². The number of fused-ring (bicyclic) bond motifs is 2. The molecule has 32 heavy (non-hydrogen) atoms. The van der Waals surface area contributed by atoms with Crippen LogP contribution < -0.4 is 0 Å². The third-order valence-electron chi connectivity index (χ3n) is 6.08. The lowest BCUT2D eigenvalue weighted by Gasteiger charge is -2.39. The first-order chi connectivity index (χ1) is 15.3. The molecule has 0 aromatic heterocycles. The maximum Gasteiger partial charge on any atom is 0.418 e. The minimum Gasteiger partial charge on any atom is -0.365 e. The van der Waals surface area contributed by atoms with Crippen LogP contribution in [0.15, 0.2) is 58.4 Å². The molecule has 0 saturated carbocycles. The molecular formula is C23H18ClF3N2O2S. The van der Waals surface area contributed by atoms with E-state index in [1.807, 2.05) is 17.0 Å². The van der Waals surface area contributed by atoms with E-state index in [1.165, 1.54) is 35.4 Å². The Morgan fingerprint density at radius 1 is 1.09 bits per heavy atom. The van der Waals surface area contributed by atoms with Gasteiger partial charge in [-0.1, -0.05) is 48.0 Å². The number of aliphatic imine (C=N–C) groups is 1. The number of carbonyl (C=O) groups excluding carboxylic acids is 1. The Bertz CT molecular complexity index is 1140. The molecular weight excluding hydrogens is 461 g/mol. The zero-order chi connectivity index (χ0) is 22.5. The monoisotopic (exact) mass is 478 g/mol. The highest BCUT2D eigenvalue weighted by atomic mass is 35.5. The number of hydrogen-bond acceptors (Lipinski definition) is 4. The Hall–Kier alpha value is -2.29. The number of hydrogen-bond donors (Lipinski definition) is 0. The predicted molar refractivity (Wildman–Crippen MR) is 118 cm³/mol. The van der Waals surface area contributed by atoms with Crippen molar-refractivity contribution in [2.75, 3.05) is 13.1 Å². The molecule has 1 fully saturated rings. The van der Waals surface area contributed by atoms with E-state index in [0.29, 0.717) is 42.7 Å². The number of alkyl halides is 3. The lowest BCUT2D eigenvalue weighted by Crippen LogP contribution is -2.44. The van der Waals surface area contributed by atoms with Gasteiger partial charge >= 0.3 is 6.18 Å².